The highest BCUT2D eigenvalue weighted by atomic mass is 35.5. The molecule has 3 N–H and O–H groups in total. The van der Waals surface area contributed by atoms with E-state index in [1.807, 2.05) is 38.1 Å². The van der Waals surface area contributed by atoms with Crippen LogP contribution < -0.4 is 15.8 Å². The smallest absolute Gasteiger partial charge is 0.241 e. The molecule has 1 aliphatic heterocycles. The zero-order valence-corrected chi connectivity index (χ0v) is 16.0. The number of nitrogens with one attached hydrogen (secondary N) is 1. The lowest BCUT2D eigenvalue weighted by Crippen LogP contribution is -2.82. The molecular formula is C19H29ClN2O3. The summed E-state index contributed by atoms with van der Waals surface area (Å²) in [5.74, 6) is 0.903. The molecule has 0 spiro atoms. The van der Waals surface area contributed by atoms with Crippen molar-refractivity contribution in [3.05, 3.63) is 29.8 Å². The van der Waals surface area contributed by atoms with Crippen LogP contribution in [-0.4, -0.2) is 37.8 Å². The summed E-state index contributed by atoms with van der Waals surface area (Å²) in [7, 11) is 1.66. The molecule has 3 atom stereocenters. The van der Waals surface area contributed by atoms with Gasteiger partial charge in [-0.05, 0) is 30.9 Å². The number of carbonyl (C=O) groups is 1. The molecule has 0 bridgehead atoms. The number of carbonyl (C=O) groups excluding carboxylic acids is 1. The van der Waals surface area contributed by atoms with Crippen molar-refractivity contribution in [2.45, 2.75) is 44.8 Å². The Hall–Kier alpha value is -1.30. The van der Waals surface area contributed by atoms with E-state index < -0.39 is 5.54 Å². The largest absolute Gasteiger partial charge is 0.496 e. The number of rotatable bonds is 5. The minimum absolute atomic E-state index is 0. The van der Waals surface area contributed by atoms with Gasteiger partial charge in [0.2, 0.25) is 5.91 Å². The van der Waals surface area contributed by atoms with Gasteiger partial charge in [0.1, 0.15) is 11.3 Å². The topological polar surface area (TPSA) is 73.6 Å². The molecule has 3 unspecified atom stereocenters. The van der Waals surface area contributed by atoms with Crippen molar-refractivity contribution in [3.63, 3.8) is 0 Å². The summed E-state index contributed by atoms with van der Waals surface area (Å²) in [6.07, 6.45) is 2.75. The van der Waals surface area contributed by atoms with E-state index in [4.69, 9.17) is 15.2 Å². The first-order valence-electron chi connectivity index (χ1n) is 8.73. The Morgan fingerprint density at radius 1 is 1.40 bits per heavy atom. The van der Waals surface area contributed by atoms with E-state index in [9.17, 15) is 4.79 Å². The molecule has 1 aromatic rings. The minimum Gasteiger partial charge on any atom is -0.496 e. The predicted octanol–water partition coefficient (Wildman–Crippen LogP) is 2.31. The standard InChI is InChI=1S/C19H28N2O3.ClH/c1-18(2)16-14(8-6-12-24-16)19(18,20)17(22)21-11-10-13-7-4-5-9-15(13)23-3;/h4-5,7,9,14,16H,6,8,10-12,20H2,1-3H3,(H,21,22);1H. The number of para-hydroxylation sites is 1. The Kier molecular flexibility index (Phi) is 6.02. The number of halogens is 1. The van der Waals surface area contributed by atoms with Gasteiger partial charge in [0.05, 0.1) is 13.2 Å². The molecule has 6 heteroatoms. The second-order valence-corrected chi connectivity index (χ2v) is 7.45. The van der Waals surface area contributed by atoms with Crippen LogP contribution in [0.15, 0.2) is 24.3 Å². The third-order valence-electron chi connectivity index (χ3n) is 5.93. The molecule has 3 rings (SSSR count). The maximum absolute atomic E-state index is 12.8. The number of amides is 1. The number of methoxy groups -OCH3 is 1. The van der Waals surface area contributed by atoms with Gasteiger partial charge in [-0.25, -0.2) is 0 Å². The molecule has 1 amide bonds. The highest BCUT2D eigenvalue weighted by Crippen LogP contribution is 2.57. The molecule has 1 saturated carbocycles. The van der Waals surface area contributed by atoms with Gasteiger partial charge in [-0.2, -0.15) is 0 Å². The van der Waals surface area contributed by atoms with Crippen LogP contribution in [0.3, 0.4) is 0 Å². The third kappa shape index (κ3) is 3.14. The number of fused-ring (bicyclic) bond motifs is 1. The lowest BCUT2D eigenvalue weighted by atomic mass is 9.46. The lowest BCUT2D eigenvalue weighted by molar-refractivity contribution is -0.225. The van der Waals surface area contributed by atoms with Crippen LogP contribution in [0.1, 0.15) is 32.3 Å². The zero-order valence-electron chi connectivity index (χ0n) is 15.2. The second kappa shape index (κ2) is 7.52. The molecule has 1 aromatic carbocycles. The molecule has 0 radical (unpaired) electrons. The average molecular weight is 369 g/mol. The van der Waals surface area contributed by atoms with Gasteiger partial charge in [0.25, 0.3) is 0 Å². The van der Waals surface area contributed by atoms with Crippen molar-refractivity contribution in [3.8, 4) is 5.75 Å². The predicted molar refractivity (Wildman–Crippen MR) is 100 cm³/mol. The van der Waals surface area contributed by atoms with Gasteiger partial charge in [0, 0.05) is 24.5 Å². The maximum Gasteiger partial charge on any atom is 0.241 e. The summed E-state index contributed by atoms with van der Waals surface area (Å²) in [6, 6.07) is 7.86. The van der Waals surface area contributed by atoms with Crippen molar-refractivity contribution < 1.29 is 14.3 Å². The number of nitrogens with two attached hydrogens (primary N) is 1. The van der Waals surface area contributed by atoms with Gasteiger partial charge in [-0.15, -0.1) is 12.4 Å². The Bertz CT molecular complexity index is 622. The first kappa shape index (κ1) is 20.0. The normalized spacial score (nSPS) is 29.6. The van der Waals surface area contributed by atoms with Crippen molar-refractivity contribution in [1.29, 1.82) is 0 Å². The second-order valence-electron chi connectivity index (χ2n) is 7.45. The van der Waals surface area contributed by atoms with Crippen LogP contribution in [-0.2, 0) is 16.0 Å². The van der Waals surface area contributed by atoms with Crippen LogP contribution in [0.2, 0.25) is 0 Å². The van der Waals surface area contributed by atoms with E-state index in [2.05, 4.69) is 5.32 Å². The summed E-state index contributed by atoms with van der Waals surface area (Å²) < 4.78 is 11.2. The van der Waals surface area contributed by atoms with Crippen molar-refractivity contribution in [1.82, 2.24) is 5.32 Å². The fraction of sp³-hybridized carbons (Fsp3) is 0.632. The highest BCUT2D eigenvalue weighted by Gasteiger charge is 2.70. The van der Waals surface area contributed by atoms with Crippen LogP contribution in [0.5, 0.6) is 5.75 Å². The number of benzene rings is 1. The van der Waals surface area contributed by atoms with E-state index in [0.717, 1.165) is 37.2 Å². The van der Waals surface area contributed by atoms with Gasteiger partial charge >= 0.3 is 0 Å². The SMILES string of the molecule is COc1ccccc1CCNC(=O)C1(N)C2CCCOC2C1(C)C.Cl. The Morgan fingerprint density at radius 3 is 2.84 bits per heavy atom. The van der Waals surface area contributed by atoms with E-state index in [0.29, 0.717) is 6.54 Å². The van der Waals surface area contributed by atoms with Gasteiger partial charge in [0.15, 0.2) is 0 Å². The Morgan fingerprint density at radius 2 is 2.12 bits per heavy atom. The van der Waals surface area contributed by atoms with E-state index in [-0.39, 0.29) is 35.8 Å². The van der Waals surface area contributed by atoms with Crippen molar-refractivity contribution >= 4 is 18.3 Å². The molecule has 1 heterocycles. The first-order valence-corrected chi connectivity index (χ1v) is 8.73. The van der Waals surface area contributed by atoms with Crippen molar-refractivity contribution in [2.75, 3.05) is 20.3 Å². The molecule has 1 aliphatic carbocycles. The maximum atomic E-state index is 12.8. The molecule has 2 fully saturated rings. The van der Waals surface area contributed by atoms with Gasteiger partial charge in [-0.1, -0.05) is 32.0 Å². The fourth-order valence-corrected chi connectivity index (χ4v) is 4.40. The highest BCUT2D eigenvalue weighted by molar-refractivity contribution is 5.89. The zero-order chi connectivity index (χ0) is 17.4. The van der Waals surface area contributed by atoms with E-state index in [1.54, 1.807) is 7.11 Å². The number of ether oxygens (including phenoxy) is 2. The Balaban J connectivity index is 0.00000225. The fourth-order valence-electron chi connectivity index (χ4n) is 4.40. The molecule has 2 aliphatic rings. The molecular weight excluding hydrogens is 340 g/mol. The molecule has 1 saturated heterocycles. The van der Waals surface area contributed by atoms with E-state index >= 15 is 0 Å². The molecule has 5 nitrogen and oxygen atoms in total. The van der Waals surface area contributed by atoms with Crippen LogP contribution >= 0.6 is 12.4 Å². The van der Waals surface area contributed by atoms with Gasteiger partial charge in [-0.3, -0.25) is 4.79 Å². The molecule has 140 valence electrons. The molecule has 0 aromatic heterocycles. The average Bonchev–Trinajstić information content (AvgIpc) is 2.61. The number of hydrogen-bond donors (Lipinski definition) is 2. The summed E-state index contributed by atoms with van der Waals surface area (Å²) in [5, 5.41) is 3.04. The minimum atomic E-state index is -0.848. The Labute approximate surface area is 156 Å². The first-order chi connectivity index (χ1) is 11.4. The third-order valence-corrected chi connectivity index (χ3v) is 5.93. The van der Waals surface area contributed by atoms with Crippen LogP contribution in [0.4, 0.5) is 0 Å². The summed E-state index contributed by atoms with van der Waals surface area (Å²) in [4.78, 5) is 12.8. The summed E-state index contributed by atoms with van der Waals surface area (Å²) >= 11 is 0. The van der Waals surface area contributed by atoms with E-state index in [1.165, 1.54) is 0 Å². The lowest BCUT2D eigenvalue weighted by Gasteiger charge is -2.65. The van der Waals surface area contributed by atoms with Crippen molar-refractivity contribution in [2.24, 2.45) is 17.1 Å². The quantitative estimate of drug-likeness (QED) is 0.836. The molecule has 25 heavy (non-hydrogen) atoms. The monoisotopic (exact) mass is 368 g/mol. The van der Waals surface area contributed by atoms with Gasteiger partial charge < -0.3 is 20.5 Å². The number of hydrogen-bond acceptors (Lipinski definition) is 4. The van der Waals surface area contributed by atoms with Crippen LogP contribution in [0.25, 0.3) is 0 Å². The summed E-state index contributed by atoms with van der Waals surface area (Å²) in [5.41, 5.74) is 6.49. The summed E-state index contributed by atoms with van der Waals surface area (Å²) in [6.45, 7) is 5.40. The van der Waals surface area contributed by atoms with Crippen LogP contribution in [0, 0.1) is 11.3 Å².